The predicted molar refractivity (Wildman–Crippen MR) is 148 cm³/mol. The van der Waals surface area contributed by atoms with E-state index in [0.29, 0.717) is 30.1 Å². The van der Waals surface area contributed by atoms with Crippen LogP contribution in [0.2, 0.25) is 0 Å². The summed E-state index contributed by atoms with van der Waals surface area (Å²) in [5.74, 6) is 0.797. The van der Waals surface area contributed by atoms with Gasteiger partial charge in [0, 0.05) is 11.5 Å². The molecule has 0 atom stereocenters. The summed E-state index contributed by atoms with van der Waals surface area (Å²) in [6.45, 7) is 2.73. The number of nitriles is 1. The number of likely N-dealkylation sites (tertiary alicyclic amines) is 1. The van der Waals surface area contributed by atoms with E-state index < -0.39 is 11.8 Å². The van der Waals surface area contributed by atoms with E-state index >= 15 is 0 Å². The third kappa shape index (κ3) is 5.73. The molecular weight excluding hydrogens is 541 g/mol. The summed E-state index contributed by atoms with van der Waals surface area (Å²) >= 11 is 0. The number of nitrogens with zero attached hydrogens (tertiary/aromatic N) is 7. The van der Waals surface area contributed by atoms with Crippen LogP contribution >= 0.6 is 0 Å². The van der Waals surface area contributed by atoms with Gasteiger partial charge >= 0.3 is 5.97 Å². The quantitative estimate of drug-likeness (QED) is 0.242. The number of piperidine rings is 1. The highest BCUT2D eigenvalue weighted by molar-refractivity contribution is 5.93. The van der Waals surface area contributed by atoms with Crippen LogP contribution in [0.4, 0.5) is 4.39 Å². The molecule has 0 radical (unpaired) electrons. The van der Waals surface area contributed by atoms with Crippen molar-refractivity contribution in [2.75, 3.05) is 20.2 Å². The van der Waals surface area contributed by atoms with Gasteiger partial charge in [-0.1, -0.05) is 6.07 Å². The normalized spacial score (nSPS) is 14.2. The number of hydrogen-bond donors (Lipinski definition) is 0. The van der Waals surface area contributed by atoms with Crippen LogP contribution in [0, 0.1) is 17.1 Å². The van der Waals surface area contributed by atoms with Gasteiger partial charge in [-0.25, -0.2) is 19.2 Å². The van der Waals surface area contributed by atoms with Crippen molar-refractivity contribution in [2.45, 2.75) is 38.5 Å². The molecule has 3 aromatic heterocycles. The third-order valence-corrected chi connectivity index (χ3v) is 7.52. The molecule has 0 N–H and O–H groups in total. The number of halogens is 1. The Morgan fingerprint density at radius 1 is 1.17 bits per heavy atom. The number of rotatable bonds is 9. The van der Waals surface area contributed by atoms with Crippen LogP contribution < -0.4 is 4.84 Å². The van der Waals surface area contributed by atoms with E-state index in [1.165, 1.54) is 24.3 Å². The van der Waals surface area contributed by atoms with Gasteiger partial charge in [0.25, 0.3) is 0 Å². The van der Waals surface area contributed by atoms with E-state index in [-0.39, 0.29) is 18.1 Å². The minimum atomic E-state index is -0.480. The molecule has 0 aliphatic carbocycles. The summed E-state index contributed by atoms with van der Waals surface area (Å²) in [6.07, 6.45) is 6.70. The number of carbonyl (C=O) groups is 1. The van der Waals surface area contributed by atoms with Crippen LogP contribution in [0.15, 0.2) is 65.5 Å². The lowest BCUT2D eigenvalue weighted by molar-refractivity contribution is 0.0600. The number of ether oxygens (including phenoxy) is 1. The van der Waals surface area contributed by atoms with E-state index in [1.54, 1.807) is 36.7 Å². The molecule has 0 unspecified atom stereocenters. The fraction of sp³-hybridized carbons (Fsp3) is 0.300. The van der Waals surface area contributed by atoms with E-state index in [2.05, 4.69) is 15.0 Å². The summed E-state index contributed by atoms with van der Waals surface area (Å²) in [6, 6.07) is 13.5. The van der Waals surface area contributed by atoms with Crippen LogP contribution in [0.25, 0.3) is 11.0 Å². The fourth-order valence-corrected chi connectivity index (χ4v) is 5.25. The lowest BCUT2D eigenvalue weighted by Gasteiger charge is -2.31. The van der Waals surface area contributed by atoms with E-state index in [0.717, 1.165) is 48.5 Å². The van der Waals surface area contributed by atoms with Crippen molar-refractivity contribution in [3.8, 4) is 6.07 Å². The molecule has 1 aliphatic rings. The number of fused-ring (bicyclic) bond motifs is 1. The first kappa shape index (κ1) is 27.2. The minimum Gasteiger partial charge on any atom is -0.465 e. The minimum absolute atomic E-state index is 0.00670. The molecule has 5 aromatic rings. The average Bonchev–Trinajstić information content (AvgIpc) is 3.78. The summed E-state index contributed by atoms with van der Waals surface area (Å²) < 4.78 is 26.6. The van der Waals surface area contributed by atoms with Gasteiger partial charge in [0.1, 0.15) is 31.1 Å². The topological polar surface area (TPSA) is 124 Å². The number of imidazole rings is 1. The van der Waals surface area contributed by atoms with Crippen LogP contribution in [0.3, 0.4) is 0 Å². The molecule has 4 heterocycles. The average molecular weight is 570 g/mol. The number of oxazole rings is 1. The highest BCUT2D eigenvalue weighted by Gasteiger charge is 2.25. The Morgan fingerprint density at radius 2 is 2.02 bits per heavy atom. The van der Waals surface area contributed by atoms with Crippen LogP contribution in [0.1, 0.15) is 57.7 Å². The van der Waals surface area contributed by atoms with Crippen molar-refractivity contribution in [1.82, 2.24) is 29.4 Å². The van der Waals surface area contributed by atoms with Gasteiger partial charge in [-0.3, -0.25) is 4.90 Å². The Kier molecular flexibility index (Phi) is 7.66. The first-order valence-electron chi connectivity index (χ1n) is 13.6. The first-order valence-corrected chi connectivity index (χ1v) is 13.6. The second-order valence-corrected chi connectivity index (χ2v) is 10.1. The third-order valence-electron chi connectivity index (χ3n) is 7.52. The summed E-state index contributed by atoms with van der Waals surface area (Å²) in [4.78, 5) is 30.7. The number of esters is 1. The number of methoxy groups -OCH3 is 1. The highest BCUT2D eigenvalue weighted by Crippen LogP contribution is 2.28. The lowest BCUT2D eigenvalue weighted by Crippen LogP contribution is -2.33. The predicted octanol–water partition coefficient (Wildman–Crippen LogP) is 4.07. The smallest absolute Gasteiger partial charge is 0.337 e. The van der Waals surface area contributed by atoms with Crippen molar-refractivity contribution >= 4 is 17.0 Å². The maximum atomic E-state index is 14.2. The van der Waals surface area contributed by atoms with Gasteiger partial charge in [-0.05, 0) is 62.3 Å². The maximum Gasteiger partial charge on any atom is 0.337 e. The molecule has 6 rings (SSSR count). The summed E-state index contributed by atoms with van der Waals surface area (Å²) in [7, 11) is 1.36. The van der Waals surface area contributed by atoms with Gasteiger partial charge in [0.2, 0.25) is 5.89 Å². The maximum absolute atomic E-state index is 14.2. The molecule has 1 aliphatic heterocycles. The first-order chi connectivity index (χ1) is 20.5. The summed E-state index contributed by atoms with van der Waals surface area (Å²) in [5, 5.41) is 13.5. The van der Waals surface area contributed by atoms with Crippen molar-refractivity contribution in [3.63, 3.8) is 0 Å². The van der Waals surface area contributed by atoms with Crippen molar-refractivity contribution in [3.05, 3.63) is 101 Å². The van der Waals surface area contributed by atoms with E-state index in [4.69, 9.17) is 24.2 Å². The van der Waals surface area contributed by atoms with Gasteiger partial charge in [-0.2, -0.15) is 5.26 Å². The van der Waals surface area contributed by atoms with Gasteiger partial charge in [0.05, 0.1) is 60.0 Å². The number of aromatic nitrogens is 5. The zero-order valence-electron chi connectivity index (χ0n) is 22.9. The zero-order chi connectivity index (χ0) is 29.1. The molecule has 0 amide bonds. The Bertz CT molecular complexity index is 1750. The largest absolute Gasteiger partial charge is 0.465 e. The van der Waals surface area contributed by atoms with E-state index in [9.17, 15) is 9.18 Å². The molecule has 12 heteroatoms. The van der Waals surface area contributed by atoms with Gasteiger partial charge < -0.3 is 18.6 Å². The monoisotopic (exact) mass is 569 g/mol. The van der Waals surface area contributed by atoms with Crippen LogP contribution in [-0.4, -0.2) is 55.5 Å². The van der Waals surface area contributed by atoms with Crippen molar-refractivity contribution < 1.29 is 23.2 Å². The molecular formula is C30H28FN7O4. The molecule has 0 spiro atoms. The number of hydrogen-bond acceptors (Lipinski definition) is 9. The molecule has 42 heavy (non-hydrogen) atoms. The standard InChI is InChI=1S/C30H28FN7O4/c1-40-30(39)22-4-5-26-27(15-22)37(18-29-33-9-13-41-29)28(34-26)17-36-10-6-21(7-11-36)25-8-12-38(35-25)42-19-23-3-2-20(16-32)14-24(23)31/h2-5,8-9,12-15,21H,6-7,10-11,17-19H2,1H3. The molecule has 1 saturated heterocycles. The number of carbonyl (C=O) groups excluding carboxylic acids is 1. The molecule has 214 valence electrons. The highest BCUT2D eigenvalue weighted by atomic mass is 19.1. The van der Waals surface area contributed by atoms with Gasteiger partial charge in [0.15, 0.2) is 0 Å². The van der Waals surface area contributed by atoms with Gasteiger partial charge in [-0.15, -0.1) is 9.94 Å². The Hall–Kier alpha value is -5.02. The Morgan fingerprint density at radius 3 is 2.76 bits per heavy atom. The second kappa shape index (κ2) is 11.8. The van der Waals surface area contributed by atoms with E-state index in [1.807, 2.05) is 22.8 Å². The molecule has 11 nitrogen and oxygen atoms in total. The zero-order valence-corrected chi connectivity index (χ0v) is 22.9. The molecule has 2 aromatic carbocycles. The lowest BCUT2D eigenvalue weighted by atomic mass is 9.94. The number of benzene rings is 2. The fourth-order valence-electron chi connectivity index (χ4n) is 5.25. The second-order valence-electron chi connectivity index (χ2n) is 10.1. The molecule has 1 fully saturated rings. The Labute approximate surface area is 240 Å². The Balaban J connectivity index is 1.11. The SMILES string of the molecule is COC(=O)c1ccc2nc(CN3CCC(c4ccn(OCc5ccc(C#N)cc5F)n4)CC3)n(Cc3ncco3)c2c1. The van der Waals surface area contributed by atoms with Crippen LogP contribution in [0.5, 0.6) is 0 Å². The molecule has 0 bridgehead atoms. The van der Waals surface area contributed by atoms with Crippen molar-refractivity contribution in [1.29, 1.82) is 5.26 Å². The van der Waals surface area contributed by atoms with Crippen molar-refractivity contribution in [2.24, 2.45) is 0 Å². The van der Waals surface area contributed by atoms with Crippen LogP contribution in [-0.2, 0) is 24.4 Å². The molecule has 0 saturated carbocycles. The summed E-state index contributed by atoms with van der Waals surface area (Å²) in [5.41, 5.74) is 3.61.